The highest BCUT2D eigenvalue weighted by atomic mass is 35.5. The summed E-state index contributed by atoms with van der Waals surface area (Å²) in [5, 5.41) is 37.1. The predicted octanol–water partition coefficient (Wildman–Crippen LogP) is 2.22. The average Bonchev–Trinajstić information content (AvgIpc) is 3.04. The summed E-state index contributed by atoms with van der Waals surface area (Å²) in [6.45, 7) is 1.47. The number of carbonyl (C=O) groups is 2. The molecule has 1 aromatic carbocycles. The average molecular weight is 405 g/mol. The molecule has 2 aromatic heterocycles. The van der Waals surface area contributed by atoms with Crippen molar-refractivity contribution in [1.29, 1.82) is 0 Å². The molecule has 0 unspecified atom stereocenters. The second-order valence-electron chi connectivity index (χ2n) is 5.63. The van der Waals surface area contributed by atoms with E-state index in [0.717, 1.165) is 0 Å². The molecular formula is C17H13ClN4O6. The maximum absolute atomic E-state index is 11.6. The molecule has 0 spiro atoms. The van der Waals surface area contributed by atoms with Gasteiger partial charge in [-0.05, 0) is 25.1 Å². The van der Waals surface area contributed by atoms with Crippen LogP contribution in [0.15, 0.2) is 29.6 Å². The maximum Gasteiger partial charge on any atom is 0.358 e. The number of hydrogen-bond acceptors (Lipinski definition) is 7. The molecule has 0 aliphatic carbocycles. The summed E-state index contributed by atoms with van der Waals surface area (Å²) in [6.07, 6.45) is 1.37. The molecule has 0 atom stereocenters. The van der Waals surface area contributed by atoms with E-state index in [9.17, 15) is 24.9 Å². The van der Waals surface area contributed by atoms with Gasteiger partial charge in [-0.25, -0.2) is 19.3 Å². The number of aromatic hydroxyl groups is 1. The van der Waals surface area contributed by atoms with E-state index in [4.69, 9.17) is 11.6 Å². The van der Waals surface area contributed by atoms with Crippen LogP contribution in [0, 0.1) is 6.92 Å². The molecule has 10 nitrogen and oxygen atoms in total. The first kappa shape index (κ1) is 19.1. The van der Waals surface area contributed by atoms with Crippen molar-refractivity contribution in [2.45, 2.75) is 6.92 Å². The SMILES string of the molecule is CO/N=C(/C(=O)O)c1c(O)c(C)nc2nn(-c3cc(C(=O)O)ccc3Cl)cc12. The summed E-state index contributed by atoms with van der Waals surface area (Å²) in [7, 11) is 1.17. The Labute approximate surface area is 162 Å². The number of pyridine rings is 1. The molecule has 0 fully saturated rings. The highest BCUT2D eigenvalue weighted by Gasteiger charge is 2.25. The van der Waals surface area contributed by atoms with Gasteiger partial charge in [0.2, 0.25) is 0 Å². The van der Waals surface area contributed by atoms with Gasteiger partial charge in [-0.15, -0.1) is 5.10 Å². The third-order valence-electron chi connectivity index (χ3n) is 3.88. The number of oxime groups is 1. The van der Waals surface area contributed by atoms with Crippen LogP contribution in [0.4, 0.5) is 0 Å². The minimum atomic E-state index is -1.43. The van der Waals surface area contributed by atoms with Gasteiger partial charge in [0, 0.05) is 6.20 Å². The van der Waals surface area contributed by atoms with E-state index in [1.807, 2.05) is 0 Å². The summed E-state index contributed by atoms with van der Waals surface area (Å²) >= 11 is 6.17. The van der Waals surface area contributed by atoms with Gasteiger partial charge in [-0.3, -0.25) is 0 Å². The molecule has 0 amide bonds. The number of nitrogens with zero attached hydrogens (tertiary/aromatic N) is 4. The molecule has 0 bridgehead atoms. The first-order chi connectivity index (χ1) is 13.2. The molecular weight excluding hydrogens is 392 g/mol. The van der Waals surface area contributed by atoms with E-state index >= 15 is 0 Å². The van der Waals surface area contributed by atoms with E-state index in [2.05, 4.69) is 20.1 Å². The molecule has 144 valence electrons. The summed E-state index contributed by atoms with van der Waals surface area (Å²) in [6, 6.07) is 4.05. The third-order valence-corrected chi connectivity index (χ3v) is 4.20. The van der Waals surface area contributed by atoms with Crippen LogP contribution in [0.1, 0.15) is 21.6 Å². The van der Waals surface area contributed by atoms with Crippen LogP contribution in [0.25, 0.3) is 16.7 Å². The van der Waals surface area contributed by atoms with Crippen LogP contribution >= 0.6 is 11.6 Å². The molecule has 0 saturated heterocycles. The van der Waals surface area contributed by atoms with Gasteiger partial charge in [0.05, 0.1) is 32.9 Å². The number of carboxylic acid groups (broad SMARTS) is 2. The fourth-order valence-corrected chi connectivity index (χ4v) is 2.82. The zero-order chi connectivity index (χ0) is 20.6. The molecule has 0 saturated carbocycles. The van der Waals surface area contributed by atoms with Crippen LogP contribution in [-0.4, -0.2) is 54.8 Å². The van der Waals surface area contributed by atoms with Crippen molar-refractivity contribution in [3.63, 3.8) is 0 Å². The Bertz CT molecular complexity index is 1150. The van der Waals surface area contributed by atoms with Gasteiger partial charge in [-0.2, -0.15) is 0 Å². The Morgan fingerprint density at radius 3 is 2.61 bits per heavy atom. The largest absolute Gasteiger partial charge is 0.505 e. The number of fused-ring (bicyclic) bond motifs is 1. The van der Waals surface area contributed by atoms with Gasteiger partial charge in [-0.1, -0.05) is 16.8 Å². The van der Waals surface area contributed by atoms with Gasteiger partial charge in [0.25, 0.3) is 0 Å². The highest BCUT2D eigenvalue weighted by Crippen LogP contribution is 2.31. The van der Waals surface area contributed by atoms with E-state index in [1.165, 1.54) is 43.1 Å². The van der Waals surface area contributed by atoms with Crippen molar-refractivity contribution < 1.29 is 29.7 Å². The standard InChI is InChI=1S/C17H13ClN4O6/c1-7-14(23)12(13(17(26)27)21-28-2)9-6-22(20-15(9)19-7)11-5-8(16(24)25)3-4-10(11)18/h3-6,23H,1-2H3,(H,24,25)(H,26,27)/b21-13+. The number of aliphatic carboxylic acids is 1. The number of aryl methyl sites for hydroxylation is 1. The fraction of sp³-hybridized carbons (Fsp3) is 0.118. The number of aromatic nitrogens is 3. The quantitative estimate of drug-likeness (QED) is 0.433. The lowest BCUT2D eigenvalue weighted by Crippen LogP contribution is -2.16. The number of benzene rings is 1. The minimum Gasteiger partial charge on any atom is -0.505 e. The van der Waals surface area contributed by atoms with Crippen molar-refractivity contribution in [1.82, 2.24) is 14.8 Å². The normalized spacial score (nSPS) is 11.6. The van der Waals surface area contributed by atoms with Crippen molar-refractivity contribution >= 4 is 40.3 Å². The second-order valence-corrected chi connectivity index (χ2v) is 6.04. The summed E-state index contributed by atoms with van der Waals surface area (Å²) in [4.78, 5) is 31.5. The second kappa shape index (κ2) is 7.16. The number of rotatable bonds is 5. The van der Waals surface area contributed by atoms with Crippen molar-refractivity contribution in [2.24, 2.45) is 5.16 Å². The number of carboxylic acids is 2. The van der Waals surface area contributed by atoms with Gasteiger partial charge in [0.1, 0.15) is 12.9 Å². The monoisotopic (exact) mass is 404 g/mol. The molecule has 28 heavy (non-hydrogen) atoms. The van der Waals surface area contributed by atoms with Gasteiger partial charge >= 0.3 is 11.9 Å². The van der Waals surface area contributed by atoms with E-state index in [1.54, 1.807) is 0 Å². The smallest absolute Gasteiger partial charge is 0.358 e. The van der Waals surface area contributed by atoms with Crippen molar-refractivity contribution in [3.05, 3.63) is 46.2 Å². The maximum atomic E-state index is 11.6. The highest BCUT2D eigenvalue weighted by molar-refractivity contribution is 6.45. The lowest BCUT2D eigenvalue weighted by atomic mass is 10.1. The topological polar surface area (TPSA) is 147 Å². The number of hydrogen-bond donors (Lipinski definition) is 3. The zero-order valence-electron chi connectivity index (χ0n) is 14.5. The lowest BCUT2D eigenvalue weighted by molar-refractivity contribution is -0.129. The fourth-order valence-electron chi connectivity index (χ4n) is 2.61. The van der Waals surface area contributed by atoms with Crippen molar-refractivity contribution in [3.8, 4) is 11.4 Å². The van der Waals surface area contributed by atoms with Crippen LogP contribution in [0.5, 0.6) is 5.75 Å². The van der Waals surface area contributed by atoms with Crippen LogP contribution < -0.4 is 0 Å². The van der Waals surface area contributed by atoms with E-state index in [-0.39, 0.29) is 38.6 Å². The first-order valence-electron chi connectivity index (χ1n) is 7.71. The summed E-state index contributed by atoms with van der Waals surface area (Å²) < 4.78 is 1.25. The molecule has 3 rings (SSSR count). The minimum absolute atomic E-state index is 0.0154. The number of aromatic carboxylic acids is 1. The third kappa shape index (κ3) is 3.21. The van der Waals surface area contributed by atoms with Crippen molar-refractivity contribution in [2.75, 3.05) is 7.11 Å². The zero-order valence-corrected chi connectivity index (χ0v) is 15.3. The Morgan fingerprint density at radius 2 is 2.00 bits per heavy atom. The number of halogens is 1. The predicted molar refractivity (Wildman–Crippen MR) is 98.4 cm³/mol. The van der Waals surface area contributed by atoms with Crippen LogP contribution in [-0.2, 0) is 9.63 Å². The van der Waals surface area contributed by atoms with Crippen LogP contribution in [0.2, 0.25) is 5.02 Å². The van der Waals surface area contributed by atoms with E-state index < -0.39 is 23.4 Å². The van der Waals surface area contributed by atoms with Gasteiger partial charge < -0.3 is 20.2 Å². The Balaban J connectivity index is 2.33. The summed E-state index contributed by atoms with van der Waals surface area (Å²) in [5.41, 5.74) is -0.217. The molecule has 11 heteroatoms. The van der Waals surface area contributed by atoms with E-state index in [0.29, 0.717) is 0 Å². The Morgan fingerprint density at radius 1 is 1.29 bits per heavy atom. The Hall–Kier alpha value is -3.66. The van der Waals surface area contributed by atoms with Crippen LogP contribution in [0.3, 0.4) is 0 Å². The molecule has 2 heterocycles. The summed E-state index contributed by atoms with van der Waals surface area (Å²) in [5.74, 6) is -2.97. The first-order valence-corrected chi connectivity index (χ1v) is 8.09. The van der Waals surface area contributed by atoms with Gasteiger partial charge in [0.15, 0.2) is 11.4 Å². The molecule has 0 aliphatic heterocycles. The Kier molecular flexibility index (Phi) is 4.89. The molecule has 0 radical (unpaired) electrons. The molecule has 0 aliphatic rings. The lowest BCUT2D eigenvalue weighted by Gasteiger charge is -2.07. The molecule has 3 N–H and O–H groups in total. The molecule has 3 aromatic rings.